The van der Waals surface area contributed by atoms with Gasteiger partial charge in [0.2, 0.25) is 10.0 Å². The number of hydrogen-bond acceptors (Lipinski definition) is 5. The van der Waals surface area contributed by atoms with E-state index in [-0.39, 0.29) is 39.3 Å². The van der Waals surface area contributed by atoms with Gasteiger partial charge in [-0.05, 0) is 37.6 Å². The Kier molecular flexibility index (Phi) is 6.11. The zero-order valence-corrected chi connectivity index (χ0v) is 19.2. The second-order valence-electron chi connectivity index (χ2n) is 7.68. The summed E-state index contributed by atoms with van der Waals surface area (Å²) in [7, 11) is -3.60. The van der Waals surface area contributed by atoms with Crippen LogP contribution in [0.4, 0.5) is 0 Å². The molecule has 0 aromatic heterocycles. The normalized spacial score (nSPS) is 18.4. The lowest BCUT2D eigenvalue weighted by molar-refractivity contribution is 0.0546. The third kappa shape index (κ3) is 4.23. The van der Waals surface area contributed by atoms with Gasteiger partial charge in [0.1, 0.15) is 0 Å². The number of halogens is 2. The van der Waals surface area contributed by atoms with Crippen molar-refractivity contribution in [1.29, 1.82) is 0 Å². The minimum absolute atomic E-state index is 0.0833. The molecular formula is C21H21Cl2N3O4S. The van der Waals surface area contributed by atoms with Gasteiger partial charge in [0, 0.05) is 26.2 Å². The Bertz CT molecular complexity index is 1110. The van der Waals surface area contributed by atoms with E-state index < -0.39 is 21.8 Å². The minimum Gasteiger partial charge on any atom is -0.284 e. The van der Waals surface area contributed by atoms with Gasteiger partial charge < -0.3 is 0 Å². The molecule has 0 atom stereocenters. The number of rotatable bonds is 4. The summed E-state index contributed by atoms with van der Waals surface area (Å²) < 4.78 is 27.4. The standard InChI is InChI=1S/C21H21Cl2N3O4S/c1-14-3-5-15(6-4-14)31(29,30)25-8-2-7-24(9-10-25)13-26-20(27)16-11-18(22)19(23)12-17(16)21(26)28/h3-6,11-12H,2,7-10,13H2,1H3. The maximum atomic E-state index is 13.0. The molecule has 0 N–H and O–H groups in total. The first-order valence-electron chi connectivity index (χ1n) is 9.83. The van der Waals surface area contributed by atoms with Crippen molar-refractivity contribution in [2.24, 2.45) is 0 Å². The number of imide groups is 1. The smallest absolute Gasteiger partial charge is 0.262 e. The van der Waals surface area contributed by atoms with Crippen LogP contribution in [-0.2, 0) is 10.0 Å². The number of sulfonamides is 1. The maximum Gasteiger partial charge on any atom is 0.262 e. The van der Waals surface area contributed by atoms with Gasteiger partial charge in [-0.15, -0.1) is 0 Å². The predicted octanol–water partition coefficient (Wildman–Crippen LogP) is 3.25. The molecule has 1 saturated heterocycles. The Balaban J connectivity index is 1.46. The van der Waals surface area contributed by atoms with Crippen molar-refractivity contribution in [3.8, 4) is 0 Å². The summed E-state index contributed by atoms with van der Waals surface area (Å²) in [6, 6.07) is 9.61. The second-order valence-corrected chi connectivity index (χ2v) is 10.4. The Hall–Kier alpha value is -1.97. The molecule has 164 valence electrons. The van der Waals surface area contributed by atoms with Crippen molar-refractivity contribution in [3.63, 3.8) is 0 Å². The van der Waals surface area contributed by atoms with Crippen LogP contribution in [0.5, 0.6) is 0 Å². The molecule has 2 aliphatic rings. The number of nitrogens with zero attached hydrogens (tertiary/aromatic N) is 3. The highest BCUT2D eigenvalue weighted by atomic mass is 35.5. The van der Waals surface area contributed by atoms with E-state index in [2.05, 4.69) is 0 Å². The van der Waals surface area contributed by atoms with Gasteiger partial charge in [-0.2, -0.15) is 4.31 Å². The van der Waals surface area contributed by atoms with E-state index in [9.17, 15) is 18.0 Å². The predicted molar refractivity (Wildman–Crippen MR) is 118 cm³/mol. The van der Waals surface area contributed by atoms with E-state index in [1.165, 1.54) is 16.4 Å². The molecule has 2 amide bonds. The van der Waals surface area contributed by atoms with Gasteiger partial charge in [-0.1, -0.05) is 40.9 Å². The summed E-state index contributed by atoms with van der Waals surface area (Å²) in [5.41, 5.74) is 1.46. The fraction of sp³-hybridized carbons (Fsp3) is 0.333. The Morgan fingerprint density at radius 3 is 2.03 bits per heavy atom. The number of carbonyl (C=O) groups excluding carboxylic acids is 2. The lowest BCUT2D eigenvalue weighted by Gasteiger charge is -2.25. The van der Waals surface area contributed by atoms with Gasteiger partial charge in [0.15, 0.2) is 0 Å². The van der Waals surface area contributed by atoms with Crippen molar-refractivity contribution in [3.05, 3.63) is 63.1 Å². The average Bonchev–Trinajstić information content (AvgIpc) is 2.91. The molecule has 0 bridgehead atoms. The fourth-order valence-corrected chi connectivity index (χ4v) is 5.60. The molecule has 0 aliphatic carbocycles. The third-order valence-corrected chi connectivity index (χ3v) is 8.19. The van der Waals surface area contributed by atoms with E-state index in [0.29, 0.717) is 26.1 Å². The van der Waals surface area contributed by atoms with Gasteiger partial charge >= 0.3 is 0 Å². The van der Waals surface area contributed by atoms with E-state index in [4.69, 9.17) is 23.2 Å². The number of benzene rings is 2. The average molecular weight is 482 g/mol. The van der Waals surface area contributed by atoms with Gasteiger partial charge in [0.25, 0.3) is 11.8 Å². The highest BCUT2D eigenvalue weighted by molar-refractivity contribution is 7.89. The molecule has 0 unspecified atom stereocenters. The molecule has 10 heteroatoms. The molecule has 2 heterocycles. The van der Waals surface area contributed by atoms with Gasteiger partial charge in [0.05, 0.1) is 32.7 Å². The molecule has 2 aliphatic heterocycles. The molecular weight excluding hydrogens is 461 g/mol. The molecule has 0 saturated carbocycles. The molecule has 0 radical (unpaired) electrons. The first-order chi connectivity index (χ1) is 14.7. The number of fused-ring (bicyclic) bond motifs is 1. The van der Waals surface area contributed by atoms with Crippen LogP contribution in [0, 0.1) is 6.92 Å². The molecule has 31 heavy (non-hydrogen) atoms. The Labute approximate surface area is 191 Å². The monoisotopic (exact) mass is 481 g/mol. The van der Waals surface area contributed by atoms with Crippen LogP contribution in [0.25, 0.3) is 0 Å². The molecule has 4 rings (SSSR count). The number of amides is 2. The minimum atomic E-state index is -3.60. The number of aryl methyl sites for hydroxylation is 1. The summed E-state index contributed by atoms with van der Waals surface area (Å²) in [5.74, 6) is -0.848. The summed E-state index contributed by atoms with van der Waals surface area (Å²) in [6.45, 7) is 3.60. The van der Waals surface area contributed by atoms with Crippen molar-refractivity contribution in [2.45, 2.75) is 18.2 Å². The largest absolute Gasteiger partial charge is 0.284 e. The number of carbonyl (C=O) groups is 2. The fourth-order valence-electron chi connectivity index (χ4n) is 3.80. The van der Waals surface area contributed by atoms with Crippen LogP contribution in [-0.4, -0.2) is 67.2 Å². The molecule has 2 aromatic carbocycles. The van der Waals surface area contributed by atoms with Crippen LogP contribution < -0.4 is 0 Å². The summed E-state index contributed by atoms with van der Waals surface area (Å²) in [4.78, 5) is 28.8. The van der Waals surface area contributed by atoms with Crippen LogP contribution in [0.1, 0.15) is 32.7 Å². The van der Waals surface area contributed by atoms with E-state index in [0.717, 1.165) is 10.5 Å². The lowest BCUT2D eigenvalue weighted by atomic mass is 10.1. The highest BCUT2D eigenvalue weighted by Gasteiger charge is 2.38. The zero-order chi connectivity index (χ0) is 22.3. The van der Waals surface area contributed by atoms with Gasteiger partial charge in [-0.3, -0.25) is 19.4 Å². The lowest BCUT2D eigenvalue weighted by Crippen LogP contribution is -2.43. The molecule has 1 fully saturated rings. The van der Waals surface area contributed by atoms with Gasteiger partial charge in [-0.25, -0.2) is 8.42 Å². The van der Waals surface area contributed by atoms with E-state index >= 15 is 0 Å². The van der Waals surface area contributed by atoms with Crippen LogP contribution >= 0.6 is 23.2 Å². The van der Waals surface area contributed by atoms with E-state index in [1.54, 1.807) is 24.3 Å². The summed E-state index contributed by atoms with van der Waals surface area (Å²) in [5, 5.41) is 0.435. The van der Waals surface area contributed by atoms with E-state index in [1.807, 2.05) is 11.8 Å². The quantitative estimate of drug-likeness (QED) is 0.626. The maximum absolute atomic E-state index is 13.0. The molecule has 0 spiro atoms. The summed E-state index contributed by atoms with van der Waals surface area (Å²) in [6.07, 6.45) is 0.589. The molecule has 7 nitrogen and oxygen atoms in total. The molecule has 2 aromatic rings. The van der Waals surface area contributed by atoms with Crippen molar-refractivity contribution in [2.75, 3.05) is 32.8 Å². The van der Waals surface area contributed by atoms with Crippen LogP contribution in [0.15, 0.2) is 41.3 Å². The first kappa shape index (κ1) is 22.2. The first-order valence-corrected chi connectivity index (χ1v) is 12.0. The zero-order valence-electron chi connectivity index (χ0n) is 16.8. The van der Waals surface area contributed by atoms with Crippen molar-refractivity contribution < 1.29 is 18.0 Å². The van der Waals surface area contributed by atoms with Crippen molar-refractivity contribution in [1.82, 2.24) is 14.1 Å². The second kappa shape index (κ2) is 8.52. The topological polar surface area (TPSA) is 78.0 Å². The number of hydrogen-bond donors (Lipinski definition) is 0. The Morgan fingerprint density at radius 1 is 0.871 bits per heavy atom. The SMILES string of the molecule is Cc1ccc(S(=O)(=O)N2CCCN(CN3C(=O)c4cc(Cl)c(Cl)cc4C3=O)CC2)cc1. The summed E-state index contributed by atoms with van der Waals surface area (Å²) >= 11 is 12.0. The highest BCUT2D eigenvalue weighted by Crippen LogP contribution is 2.31. The van der Waals surface area contributed by atoms with Crippen LogP contribution in [0.2, 0.25) is 10.0 Å². The van der Waals surface area contributed by atoms with Crippen LogP contribution in [0.3, 0.4) is 0 Å². The van der Waals surface area contributed by atoms with Crippen molar-refractivity contribution >= 4 is 45.0 Å². The Morgan fingerprint density at radius 2 is 1.45 bits per heavy atom. The third-order valence-electron chi connectivity index (χ3n) is 5.56.